The number of hydrogen-bond acceptors (Lipinski definition) is 3. The number of aromatic nitrogens is 2. The van der Waals surface area contributed by atoms with Gasteiger partial charge in [-0.25, -0.2) is 4.98 Å². The van der Waals surface area contributed by atoms with Gasteiger partial charge in [0.15, 0.2) is 0 Å². The molecule has 0 N–H and O–H groups in total. The fourth-order valence-corrected chi connectivity index (χ4v) is 2.64. The van der Waals surface area contributed by atoms with Gasteiger partial charge in [-0.1, -0.05) is 12.1 Å². The number of para-hydroxylation sites is 1. The number of fused-ring (bicyclic) bond motifs is 1. The van der Waals surface area contributed by atoms with E-state index in [4.69, 9.17) is 4.42 Å². The van der Waals surface area contributed by atoms with Crippen LogP contribution < -0.4 is 5.56 Å². The third-order valence-corrected chi connectivity index (χ3v) is 4.30. The van der Waals surface area contributed by atoms with Crippen LogP contribution in [0.1, 0.15) is 17.0 Å². The van der Waals surface area contributed by atoms with Gasteiger partial charge in [0.2, 0.25) is 0 Å². The summed E-state index contributed by atoms with van der Waals surface area (Å²) in [6.07, 6.45) is 1.56. The molecular formula is C15H13BrN2O2. The van der Waals surface area contributed by atoms with Crippen LogP contribution >= 0.6 is 15.9 Å². The predicted molar refractivity (Wildman–Crippen MR) is 81.0 cm³/mol. The van der Waals surface area contributed by atoms with Crippen molar-refractivity contribution in [2.45, 2.75) is 20.4 Å². The Labute approximate surface area is 124 Å². The molecule has 3 aromatic rings. The van der Waals surface area contributed by atoms with Crippen molar-refractivity contribution in [1.29, 1.82) is 0 Å². The second-order valence-corrected chi connectivity index (χ2v) is 5.52. The lowest BCUT2D eigenvalue weighted by Crippen LogP contribution is -2.24. The number of benzene rings is 1. The Morgan fingerprint density at radius 1 is 1.30 bits per heavy atom. The van der Waals surface area contributed by atoms with E-state index in [0.717, 1.165) is 26.9 Å². The summed E-state index contributed by atoms with van der Waals surface area (Å²) in [5.74, 6) is 0.721. The molecule has 0 unspecified atom stereocenters. The number of aryl methyl sites for hydroxylation is 1. The van der Waals surface area contributed by atoms with Crippen LogP contribution in [0.15, 0.2) is 44.3 Å². The molecule has 20 heavy (non-hydrogen) atoms. The number of hydrogen-bond donors (Lipinski definition) is 0. The highest BCUT2D eigenvalue weighted by Gasteiger charge is 2.13. The summed E-state index contributed by atoms with van der Waals surface area (Å²) < 4.78 is 8.24. The molecule has 2 heterocycles. The molecule has 102 valence electrons. The van der Waals surface area contributed by atoms with Crippen LogP contribution in [0, 0.1) is 13.8 Å². The lowest BCUT2D eigenvalue weighted by atomic mass is 10.2. The lowest BCUT2D eigenvalue weighted by Gasteiger charge is -2.06. The molecule has 1 aromatic carbocycles. The van der Waals surface area contributed by atoms with Crippen LogP contribution in [0.5, 0.6) is 0 Å². The van der Waals surface area contributed by atoms with Gasteiger partial charge < -0.3 is 4.42 Å². The summed E-state index contributed by atoms with van der Waals surface area (Å²) >= 11 is 3.54. The van der Waals surface area contributed by atoms with E-state index in [9.17, 15) is 4.79 Å². The summed E-state index contributed by atoms with van der Waals surface area (Å²) in [6, 6.07) is 7.76. The van der Waals surface area contributed by atoms with Gasteiger partial charge in [-0.2, -0.15) is 0 Å². The molecule has 0 aliphatic heterocycles. The number of rotatable bonds is 2. The molecule has 0 amide bonds. The van der Waals surface area contributed by atoms with Crippen LogP contribution in [-0.4, -0.2) is 9.55 Å². The minimum absolute atomic E-state index is 0.0372. The molecule has 0 spiro atoms. The van der Waals surface area contributed by atoms with Gasteiger partial charge >= 0.3 is 0 Å². The number of halogens is 1. The van der Waals surface area contributed by atoms with Crippen LogP contribution in [0.2, 0.25) is 0 Å². The van der Waals surface area contributed by atoms with E-state index in [2.05, 4.69) is 20.9 Å². The second kappa shape index (κ2) is 4.90. The van der Waals surface area contributed by atoms with E-state index < -0.39 is 0 Å². The number of furan rings is 1. The van der Waals surface area contributed by atoms with E-state index in [1.54, 1.807) is 17.8 Å². The molecule has 0 aliphatic carbocycles. The van der Waals surface area contributed by atoms with Gasteiger partial charge in [-0.3, -0.25) is 9.36 Å². The Hall–Kier alpha value is -1.88. The first-order valence-electron chi connectivity index (χ1n) is 6.26. The average Bonchev–Trinajstić information content (AvgIpc) is 2.77. The Balaban J connectivity index is 2.08. The molecule has 0 aliphatic rings. The van der Waals surface area contributed by atoms with E-state index in [0.29, 0.717) is 12.1 Å². The van der Waals surface area contributed by atoms with E-state index in [-0.39, 0.29) is 5.56 Å². The molecular weight excluding hydrogens is 320 g/mol. The molecule has 0 bridgehead atoms. The SMILES string of the molecule is Cc1ncn(Cc2oc3ccccc3c2Br)c(=O)c1C. The maximum atomic E-state index is 12.2. The first kappa shape index (κ1) is 13.1. The molecule has 5 heteroatoms. The quantitative estimate of drug-likeness (QED) is 0.722. The molecule has 0 fully saturated rings. The molecule has 2 aromatic heterocycles. The van der Waals surface area contributed by atoms with Gasteiger partial charge in [-0.15, -0.1) is 0 Å². The van der Waals surface area contributed by atoms with Crippen molar-refractivity contribution in [3.63, 3.8) is 0 Å². The standard InChI is InChI=1S/C15H13BrN2O2/c1-9-10(2)17-8-18(15(9)19)7-13-14(16)11-5-3-4-6-12(11)20-13/h3-6,8H,7H2,1-2H3. The maximum Gasteiger partial charge on any atom is 0.256 e. The predicted octanol–water partition coefficient (Wildman–Crippen LogP) is 3.42. The Kier molecular flexibility index (Phi) is 3.22. The Morgan fingerprint density at radius 2 is 2.05 bits per heavy atom. The van der Waals surface area contributed by atoms with Gasteiger partial charge in [0.25, 0.3) is 5.56 Å². The van der Waals surface area contributed by atoms with Crippen molar-refractivity contribution >= 4 is 26.9 Å². The zero-order valence-electron chi connectivity index (χ0n) is 11.2. The van der Waals surface area contributed by atoms with Crippen LogP contribution in [-0.2, 0) is 6.54 Å². The maximum absolute atomic E-state index is 12.2. The third-order valence-electron chi connectivity index (χ3n) is 3.43. The molecule has 0 radical (unpaired) electrons. The van der Waals surface area contributed by atoms with Crippen molar-refractivity contribution in [3.05, 3.63) is 62.4 Å². The topological polar surface area (TPSA) is 48.0 Å². The fourth-order valence-electron chi connectivity index (χ4n) is 2.11. The van der Waals surface area contributed by atoms with Crippen molar-refractivity contribution in [3.8, 4) is 0 Å². The zero-order chi connectivity index (χ0) is 14.3. The molecule has 0 saturated carbocycles. The highest BCUT2D eigenvalue weighted by Crippen LogP contribution is 2.30. The summed E-state index contributed by atoms with van der Waals surface area (Å²) in [6.45, 7) is 3.98. The number of nitrogens with zero attached hydrogens (tertiary/aromatic N) is 2. The lowest BCUT2D eigenvalue weighted by molar-refractivity contribution is 0.516. The molecule has 0 atom stereocenters. The van der Waals surface area contributed by atoms with Crippen LogP contribution in [0.3, 0.4) is 0 Å². The highest BCUT2D eigenvalue weighted by molar-refractivity contribution is 9.10. The van der Waals surface area contributed by atoms with Gasteiger partial charge in [0.1, 0.15) is 11.3 Å². The fraction of sp³-hybridized carbons (Fsp3) is 0.200. The third kappa shape index (κ3) is 2.08. The Morgan fingerprint density at radius 3 is 2.80 bits per heavy atom. The van der Waals surface area contributed by atoms with Gasteiger partial charge in [0, 0.05) is 16.6 Å². The van der Waals surface area contributed by atoms with E-state index in [1.165, 1.54) is 0 Å². The second-order valence-electron chi connectivity index (χ2n) is 4.72. The smallest absolute Gasteiger partial charge is 0.256 e. The van der Waals surface area contributed by atoms with Crippen molar-refractivity contribution in [2.24, 2.45) is 0 Å². The summed E-state index contributed by atoms with van der Waals surface area (Å²) in [4.78, 5) is 16.4. The van der Waals surface area contributed by atoms with Crippen LogP contribution in [0.4, 0.5) is 0 Å². The summed E-state index contributed by atoms with van der Waals surface area (Å²) in [7, 11) is 0. The average molecular weight is 333 g/mol. The minimum Gasteiger partial charge on any atom is -0.458 e. The van der Waals surface area contributed by atoms with E-state index >= 15 is 0 Å². The van der Waals surface area contributed by atoms with Crippen molar-refractivity contribution in [2.75, 3.05) is 0 Å². The van der Waals surface area contributed by atoms with Crippen LogP contribution in [0.25, 0.3) is 11.0 Å². The largest absolute Gasteiger partial charge is 0.458 e. The normalized spacial score (nSPS) is 11.2. The van der Waals surface area contributed by atoms with Crippen molar-refractivity contribution < 1.29 is 4.42 Å². The molecule has 4 nitrogen and oxygen atoms in total. The van der Waals surface area contributed by atoms with Gasteiger partial charge in [-0.05, 0) is 41.9 Å². The monoisotopic (exact) mass is 332 g/mol. The van der Waals surface area contributed by atoms with Gasteiger partial charge in [0.05, 0.1) is 17.3 Å². The summed E-state index contributed by atoms with van der Waals surface area (Å²) in [5.41, 5.74) is 2.19. The first-order chi connectivity index (χ1) is 9.58. The molecule has 0 saturated heterocycles. The van der Waals surface area contributed by atoms with Crippen molar-refractivity contribution in [1.82, 2.24) is 9.55 Å². The minimum atomic E-state index is -0.0372. The summed E-state index contributed by atoms with van der Waals surface area (Å²) in [5, 5.41) is 1.01. The first-order valence-corrected chi connectivity index (χ1v) is 7.06. The molecule has 3 rings (SSSR count). The van der Waals surface area contributed by atoms with E-state index in [1.807, 2.05) is 31.2 Å². The zero-order valence-corrected chi connectivity index (χ0v) is 12.8. The highest BCUT2D eigenvalue weighted by atomic mass is 79.9. The Bertz CT molecular complexity index is 849.